The summed E-state index contributed by atoms with van der Waals surface area (Å²) in [6, 6.07) is 12.0. The van der Waals surface area contributed by atoms with Gasteiger partial charge in [-0.15, -0.1) is 0 Å². The molecule has 1 aliphatic heterocycles. The number of allylic oxidation sites excluding steroid dienone is 2. The standard InChI is InChI=1S/C21H24N2O/c1-2-4-20(5-3-1)24-21-13-19(14-23-15-21)18-11-16-6-8-22-9-7-17(10-16)12-18/h1-5,11,13-17,22H,6-10,12H2. The first kappa shape index (κ1) is 15.4. The van der Waals surface area contributed by atoms with Gasteiger partial charge in [0.25, 0.3) is 0 Å². The van der Waals surface area contributed by atoms with E-state index in [4.69, 9.17) is 4.74 Å². The highest BCUT2D eigenvalue weighted by Gasteiger charge is 2.24. The Morgan fingerprint density at radius 3 is 2.79 bits per heavy atom. The van der Waals surface area contributed by atoms with E-state index in [0.29, 0.717) is 5.92 Å². The van der Waals surface area contributed by atoms with E-state index >= 15 is 0 Å². The van der Waals surface area contributed by atoms with Crippen molar-refractivity contribution in [3.05, 3.63) is 60.4 Å². The van der Waals surface area contributed by atoms with Gasteiger partial charge in [-0.05, 0) is 79.9 Å². The second-order valence-electron chi connectivity index (χ2n) is 6.91. The quantitative estimate of drug-likeness (QED) is 0.892. The lowest BCUT2D eigenvalue weighted by Crippen LogP contribution is -2.28. The molecule has 4 rings (SSSR count). The molecule has 24 heavy (non-hydrogen) atoms. The van der Waals surface area contributed by atoms with Gasteiger partial charge in [0, 0.05) is 6.20 Å². The van der Waals surface area contributed by atoms with Gasteiger partial charge in [0.05, 0.1) is 6.20 Å². The van der Waals surface area contributed by atoms with Crippen LogP contribution < -0.4 is 10.1 Å². The van der Waals surface area contributed by atoms with Crippen LogP contribution in [-0.2, 0) is 0 Å². The molecule has 1 N–H and O–H groups in total. The minimum atomic E-state index is 0.699. The van der Waals surface area contributed by atoms with E-state index in [-0.39, 0.29) is 0 Å². The highest BCUT2D eigenvalue weighted by molar-refractivity contribution is 5.67. The molecule has 2 aromatic rings. The summed E-state index contributed by atoms with van der Waals surface area (Å²) in [4.78, 5) is 4.41. The lowest BCUT2D eigenvalue weighted by Gasteiger charge is -2.31. The zero-order valence-corrected chi connectivity index (χ0v) is 13.9. The third-order valence-electron chi connectivity index (χ3n) is 5.07. The minimum Gasteiger partial charge on any atom is -0.456 e. The lowest BCUT2D eigenvalue weighted by molar-refractivity contribution is 0.334. The van der Waals surface area contributed by atoms with Crippen molar-refractivity contribution in [1.82, 2.24) is 10.3 Å². The first-order valence-electron chi connectivity index (χ1n) is 8.96. The monoisotopic (exact) mass is 320 g/mol. The Morgan fingerprint density at radius 2 is 1.88 bits per heavy atom. The van der Waals surface area contributed by atoms with E-state index in [9.17, 15) is 0 Å². The largest absolute Gasteiger partial charge is 0.456 e. The molecule has 0 amide bonds. The van der Waals surface area contributed by atoms with Gasteiger partial charge in [0.15, 0.2) is 0 Å². The fraction of sp³-hybridized carbons (Fsp3) is 0.381. The fourth-order valence-corrected chi connectivity index (χ4v) is 3.87. The first-order chi connectivity index (χ1) is 11.9. The van der Waals surface area contributed by atoms with Crippen LogP contribution in [0.2, 0.25) is 0 Å². The molecule has 3 heteroatoms. The molecular formula is C21H24N2O. The number of nitrogens with one attached hydrogen (secondary N) is 1. The summed E-state index contributed by atoms with van der Waals surface area (Å²) in [5, 5.41) is 3.55. The van der Waals surface area contributed by atoms with Crippen LogP contribution in [0, 0.1) is 11.8 Å². The average molecular weight is 320 g/mol. The maximum atomic E-state index is 5.95. The molecule has 1 aliphatic carbocycles. The number of ether oxygens (including phenoxy) is 1. The number of aromatic nitrogens is 1. The van der Waals surface area contributed by atoms with Gasteiger partial charge in [0.2, 0.25) is 0 Å². The van der Waals surface area contributed by atoms with Crippen molar-refractivity contribution in [2.45, 2.75) is 25.7 Å². The SMILES string of the molecule is C1=C(c2cncc(Oc3ccccc3)c2)CC2CCNCCC1C2. The second-order valence-corrected chi connectivity index (χ2v) is 6.91. The molecule has 1 fully saturated rings. The van der Waals surface area contributed by atoms with Crippen molar-refractivity contribution in [1.29, 1.82) is 0 Å². The van der Waals surface area contributed by atoms with Crippen LogP contribution in [-0.4, -0.2) is 18.1 Å². The number of fused-ring (bicyclic) bond motifs is 2. The highest BCUT2D eigenvalue weighted by Crippen LogP contribution is 2.38. The van der Waals surface area contributed by atoms with Gasteiger partial charge >= 0.3 is 0 Å². The van der Waals surface area contributed by atoms with E-state index in [2.05, 4.69) is 22.4 Å². The molecule has 2 atom stereocenters. The van der Waals surface area contributed by atoms with Crippen molar-refractivity contribution in [3.63, 3.8) is 0 Å². The van der Waals surface area contributed by atoms with Crippen LogP contribution in [0.5, 0.6) is 11.5 Å². The number of hydrogen-bond donors (Lipinski definition) is 1. The van der Waals surface area contributed by atoms with Crippen LogP contribution in [0.4, 0.5) is 0 Å². The van der Waals surface area contributed by atoms with Crippen LogP contribution >= 0.6 is 0 Å². The van der Waals surface area contributed by atoms with Crippen molar-refractivity contribution >= 4 is 5.57 Å². The van der Waals surface area contributed by atoms with Gasteiger partial charge in [-0.3, -0.25) is 4.98 Å². The number of benzene rings is 1. The zero-order valence-electron chi connectivity index (χ0n) is 13.9. The highest BCUT2D eigenvalue weighted by atomic mass is 16.5. The molecule has 0 saturated carbocycles. The van der Waals surface area contributed by atoms with Crippen molar-refractivity contribution in [2.24, 2.45) is 11.8 Å². The Labute approximate surface area is 143 Å². The predicted molar refractivity (Wildman–Crippen MR) is 97.0 cm³/mol. The molecular weight excluding hydrogens is 296 g/mol. The van der Waals surface area contributed by atoms with E-state index < -0.39 is 0 Å². The van der Waals surface area contributed by atoms with E-state index in [1.807, 2.05) is 36.5 Å². The molecule has 2 aliphatic rings. The molecule has 124 valence electrons. The molecule has 2 unspecified atom stereocenters. The summed E-state index contributed by atoms with van der Waals surface area (Å²) >= 11 is 0. The van der Waals surface area contributed by atoms with Gasteiger partial charge in [0.1, 0.15) is 11.5 Å². The Bertz CT molecular complexity index is 711. The van der Waals surface area contributed by atoms with Gasteiger partial charge in [-0.1, -0.05) is 24.3 Å². The summed E-state index contributed by atoms with van der Waals surface area (Å²) in [7, 11) is 0. The molecule has 3 nitrogen and oxygen atoms in total. The smallest absolute Gasteiger partial charge is 0.146 e. The average Bonchev–Trinajstić information content (AvgIpc) is 2.61. The maximum absolute atomic E-state index is 5.95. The van der Waals surface area contributed by atoms with E-state index in [1.54, 1.807) is 6.20 Å². The van der Waals surface area contributed by atoms with Crippen molar-refractivity contribution in [2.75, 3.05) is 13.1 Å². The van der Waals surface area contributed by atoms with Crippen molar-refractivity contribution < 1.29 is 4.74 Å². The zero-order chi connectivity index (χ0) is 16.2. The number of para-hydroxylation sites is 1. The third-order valence-corrected chi connectivity index (χ3v) is 5.07. The van der Waals surface area contributed by atoms with Crippen molar-refractivity contribution in [3.8, 4) is 11.5 Å². The van der Waals surface area contributed by atoms with Gasteiger partial charge < -0.3 is 10.1 Å². The summed E-state index contributed by atoms with van der Waals surface area (Å²) < 4.78 is 5.95. The molecule has 2 heterocycles. The normalized spacial score (nSPS) is 23.8. The third kappa shape index (κ3) is 3.68. The molecule has 0 radical (unpaired) electrons. The molecule has 1 aromatic carbocycles. The summed E-state index contributed by atoms with van der Waals surface area (Å²) in [5.41, 5.74) is 2.66. The molecule has 0 spiro atoms. The molecule has 1 saturated heterocycles. The summed E-state index contributed by atoms with van der Waals surface area (Å²) in [6.07, 6.45) is 11.3. The lowest BCUT2D eigenvalue weighted by atomic mass is 9.77. The Balaban J connectivity index is 1.56. The fourth-order valence-electron chi connectivity index (χ4n) is 3.87. The number of nitrogens with zero attached hydrogens (tertiary/aromatic N) is 1. The maximum Gasteiger partial charge on any atom is 0.146 e. The second kappa shape index (κ2) is 7.18. The molecule has 1 aromatic heterocycles. The number of pyridine rings is 1. The van der Waals surface area contributed by atoms with Crippen LogP contribution in [0.1, 0.15) is 31.2 Å². The first-order valence-corrected chi connectivity index (χ1v) is 8.96. The molecule has 2 bridgehead atoms. The van der Waals surface area contributed by atoms with Gasteiger partial charge in [-0.2, -0.15) is 0 Å². The van der Waals surface area contributed by atoms with Crippen LogP contribution in [0.3, 0.4) is 0 Å². The Hall–Kier alpha value is -2.13. The minimum absolute atomic E-state index is 0.699. The van der Waals surface area contributed by atoms with Crippen LogP contribution in [0.15, 0.2) is 54.9 Å². The van der Waals surface area contributed by atoms with E-state index in [1.165, 1.54) is 30.4 Å². The summed E-state index contributed by atoms with van der Waals surface area (Å²) in [5.74, 6) is 3.16. The topological polar surface area (TPSA) is 34.1 Å². The van der Waals surface area contributed by atoms with Gasteiger partial charge in [-0.25, -0.2) is 0 Å². The summed E-state index contributed by atoms with van der Waals surface area (Å²) in [6.45, 7) is 2.29. The number of rotatable bonds is 3. The van der Waals surface area contributed by atoms with Crippen LogP contribution in [0.25, 0.3) is 5.57 Å². The Kier molecular flexibility index (Phi) is 4.61. The Morgan fingerprint density at radius 1 is 1.00 bits per heavy atom. The number of hydrogen-bond acceptors (Lipinski definition) is 3. The van der Waals surface area contributed by atoms with E-state index in [0.717, 1.165) is 36.9 Å². The predicted octanol–water partition coefficient (Wildman–Crippen LogP) is 4.67.